The van der Waals surface area contributed by atoms with Gasteiger partial charge in [-0.1, -0.05) is 6.58 Å². The number of furan rings is 1. The van der Waals surface area contributed by atoms with Crippen LogP contribution in [-0.2, 0) is 0 Å². The highest BCUT2D eigenvalue weighted by atomic mass is 16.3. The van der Waals surface area contributed by atoms with Gasteiger partial charge in [-0.15, -0.1) is 0 Å². The molecule has 0 unspecified atom stereocenters. The summed E-state index contributed by atoms with van der Waals surface area (Å²) in [7, 11) is 0. The number of phenolic OH excluding ortho intramolecular Hbond substituents is 1. The van der Waals surface area contributed by atoms with Gasteiger partial charge in [-0.3, -0.25) is 4.79 Å². The minimum atomic E-state index is -0.187. The molecule has 0 amide bonds. The molecule has 1 N–H and O–H groups in total. The highest BCUT2D eigenvalue weighted by molar-refractivity contribution is 6.00. The summed E-state index contributed by atoms with van der Waals surface area (Å²) in [5, 5.41) is 10.4. The number of carbonyl (C=O) groups excluding carboxylic acids is 1. The average Bonchev–Trinajstić information content (AvgIpc) is 2.58. The maximum atomic E-state index is 11.2. The molecule has 0 spiro atoms. The Balaban J connectivity index is 2.70. The van der Waals surface area contributed by atoms with Gasteiger partial charge in [0.2, 0.25) is 0 Å². The predicted molar refractivity (Wildman–Crippen MR) is 62.6 cm³/mol. The molecular formula is C13H12O3. The van der Waals surface area contributed by atoms with Crippen molar-refractivity contribution in [3.05, 3.63) is 36.1 Å². The highest BCUT2D eigenvalue weighted by Gasteiger charge is 2.11. The summed E-state index contributed by atoms with van der Waals surface area (Å²) in [5.74, 6) is 0.455. The molecule has 0 radical (unpaired) electrons. The molecule has 0 atom stereocenters. The summed E-state index contributed by atoms with van der Waals surface area (Å²) in [5.41, 5.74) is 1.66. The van der Waals surface area contributed by atoms with Crippen molar-refractivity contribution in [2.45, 2.75) is 13.8 Å². The second-order valence-electron chi connectivity index (χ2n) is 3.85. The number of phenols is 1. The number of rotatable bonds is 2. The van der Waals surface area contributed by atoms with E-state index < -0.39 is 0 Å². The summed E-state index contributed by atoms with van der Waals surface area (Å²) in [6, 6.07) is 4.88. The molecule has 82 valence electrons. The summed E-state index contributed by atoms with van der Waals surface area (Å²) in [4.78, 5) is 11.2. The molecular weight excluding hydrogens is 204 g/mol. The van der Waals surface area contributed by atoms with E-state index in [9.17, 15) is 9.90 Å². The van der Waals surface area contributed by atoms with Crippen molar-refractivity contribution < 1.29 is 14.3 Å². The minimum Gasteiger partial charge on any atom is -0.507 e. The Labute approximate surface area is 93.0 Å². The Hall–Kier alpha value is -2.03. The Bertz CT molecular complexity index is 590. The first kappa shape index (κ1) is 10.5. The molecule has 2 aromatic rings. The predicted octanol–water partition coefficient (Wildman–Crippen LogP) is 3.37. The van der Waals surface area contributed by atoms with E-state index in [1.165, 1.54) is 13.0 Å². The molecule has 1 aromatic heterocycles. The lowest BCUT2D eigenvalue weighted by molar-refractivity contribution is 0.101. The minimum absolute atomic E-state index is 0.0194. The highest BCUT2D eigenvalue weighted by Crippen LogP contribution is 2.29. The Kier molecular flexibility index (Phi) is 2.31. The third-order valence-corrected chi connectivity index (χ3v) is 2.43. The van der Waals surface area contributed by atoms with Gasteiger partial charge in [0.15, 0.2) is 5.78 Å². The van der Waals surface area contributed by atoms with Gasteiger partial charge in [0.05, 0.1) is 5.56 Å². The van der Waals surface area contributed by atoms with Crippen LogP contribution in [-0.4, -0.2) is 10.9 Å². The van der Waals surface area contributed by atoms with Gasteiger partial charge in [-0.05, 0) is 37.6 Å². The monoisotopic (exact) mass is 216 g/mol. The van der Waals surface area contributed by atoms with Crippen molar-refractivity contribution >= 4 is 22.3 Å². The molecule has 1 heterocycles. The number of ketones is 1. The fourth-order valence-electron chi connectivity index (χ4n) is 1.57. The third kappa shape index (κ3) is 1.60. The van der Waals surface area contributed by atoms with Crippen LogP contribution in [0.3, 0.4) is 0 Å². The van der Waals surface area contributed by atoms with Crippen LogP contribution in [0.2, 0.25) is 0 Å². The van der Waals surface area contributed by atoms with Crippen LogP contribution >= 0.6 is 0 Å². The van der Waals surface area contributed by atoms with Crippen molar-refractivity contribution in [1.29, 1.82) is 0 Å². The van der Waals surface area contributed by atoms with Crippen LogP contribution in [0.1, 0.15) is 30.0 Å². The van der Waals surface area contributed by atoms with E-state index in [1.807, 2.05) is 6.92 Å². The Morgan fingerprint density at radius 1 is 1.31 bits per heavy atom. The first-order valence-electron chi connectivity index (χ1n) is 4.92. The number of aromatic hydroxyl groups is 1. The standard InChI is InChI=1S/C13H12O3/c1-7(2)12-5-9-4-11(15)10(8(3)14)6-13(9)16-12/h4-6,15H,1H2,2-3H3. The molecule has 0 fully saturated rings. The molecule has 3 heteroatoms. The zero-order chi connectivity index (χ0) is 11.9. The number of carbonyl (C=O) groups is 1. The maximum absolute atomic E-state index is 11.2. The van der Waals surface area contributed by atoms with E-state index >= 15 is 0 Å². The van der Waals surface area contributed by atoms with Gasteiger partial charge in [0, 0.05) is 5.39 Å². The fraction of sp³-hybridized carbons (Fsp3) is 0.154. The molecule has 0 aliphatic carbocycles. The van der Waals surface area contributed by atoms with Crippen LogP contribution < -0.4 is 0 Å². The molecule has 1 aromatic carbocycles. The topological polar surface area (TPSA) is 50.4 Å². The van der Waals surface area contributed by atoms with E-state index in [4.69, 9.17) is 4.42 Å². The molecule has 0 saturated heterocycles. The summed E-state index contributed by atoms with van der Waals surface area (Å²) >= 11 is 0. The molecule has 0 aliphatic rings. The molecule has 16 heavy (non-hydrogen) atoms. The molecule has 2 rings (SSSR count). The lowest BCUT2D eigenvalue weighted by Crippen LogP contribution is -1.91. The first-order chi connectivity index (χ1) is 7.49. The van der Waals surface area contributed by atoms with E-state index in [0.717, 1.165) is 11.0 Å². The van der Waals surface area contributed by atoms with Crippen molar-refractivity contribution in [2.75, 3.05) is 0 Å². The summed E-state index contributed by atoms with van der Waals surface area (Å²) in [6.45, 7) is 7.02. The number of hydrogen-bond donors (Lipinski definition) is 1. The molecule has 0 bridgehead atoms. The van der Waals surface area contributed by atoms with Gasteiger partial charge >= 0.3 is 0 Å². The van der Waals surface area contributed by atoms with E-state index in [-0.39, 0.29) is 17.1 Å². The van der Waals surface area contributed by atoms with E-state index in [0.29, 0.717) is 11.3 Å². The Morgan fingerprint density at radius 3 is 2.56 bits per heavy atom. The van der Waals surface area contributed by atoms with Gasteiger partial charge in [-0.2, -0.15) is 0 Å². The van der Waals surface area contributed by atoms with Crippen LogP contribution in [0.5, 0.6) is 5.75 Å². The second-order valence-corrected chi connectivity index (χ2v) is 3.85. The third-order valence-electron chi connectivity index (χ3n) is 2.43. The molecule has 0 aliphatic heterocycles. The quantitative estimate of drug-likeness (QED) is 0.783. The molecule has 0 saturated carbocycles. The number of hydrogen-bond acceptors (Lipinski definition) is 3. The summed E-state index contributed by atoms with van der Waals surface area (Å²) < 4.78 is 5.51. The number of benzene rings is 1. The van der Waals surface area contributed by atoms with Crippen LogP contribution in [0.25, 0.3) is 16.5 Å². The smallest absolute Gasteiger partial charge is 0.163 e. The normalized spacial score (nSPS) is 10.6. The maximum Gasteiger partial charge on any atom is 0.163 e. The van der Waals surface area contributed by atoms with Crippen molar-refractivity contribution in [3.63, 3.8) is 0 Å². The zero-order valence-electron chi connectivity index (χ0n) is 9.20. The number of Topliss-reactive ketones (excluding diaryl/α,β-unsaturated/α-hetero) is 1. The van der Waals surface area contributed by atoms with Crippen LogP contribution in [0, 0.1) is 0 Å². The SMILES string of the molecule is C=C(C)c1cc2cc(O)c(C(C)=O)cc2o1. The van der Waals surface area contributed by atoms with Crippen molar-refractivity contribution in [2.24, 2.45) is 0 Å². The van der Waals surface area contributed by atoms with E-state index in [2.05, 4.69) is 6.58 Å². The van der Waals surface area contributed by atoms with E-state index in [1.54, 1.807) is 12.1 Å². The van der Waals surface area contributed by atoms with Crippen LogP contribution in [0.15, 0.2) is 29.2 Å². The molecule has 3 nitrogen and oxygen atoms in total. The van der Waals surface area contributed by atoms with Gasteiger partial charge in [-0.25, -0.2) is 0 Å². The lowest BCUT2D eigenvalue weighted by atomic mass is 10.1. The van der Waals surface area contributed by atoms with Gasteiger partial charge < -0.3 is 9.52 Å². The zero-order valence-corrected chi connectivity index (χ0v) is 9.20. The van der Waals surface area contributed by atoms with Crippen molar-refractivity contribution in [1.82, 2.24) is 0 Å². The average molecular weight is 216 g/mol. The van der Waals surface area contributed by atoms with Crippen molar-refractivity contribution in [3.8, 4) is 5.75 Å². The van der Waals surface area contributed by atoms with Gasteiger partial charge in [0.1, 0.15) is 17.1 Å². The largest absolute Gasteiger partial charge is 0.507 e. The first-order valence-corrected chi connectivity index (χ1v) is 4.92. The van der Waals surface area contributed by atoms with Crippen LogP contribution in [0.4, 0.5) is 0 Å². The lowest BCUT2D eigenvalue weighted by Gasteiger charge is -1.99. The second kappa shape index (κ2) is 3.52. The number of fused-ring (bicyclic) bond motifs is 1. The summed E-state index contributed by atoms with van der Waals surface area (Å²) in [6.07, 6.45) is 0. The Morgan fingerprint density at radius 2 is 2.00 bits per heavy atom. The fourth-order valence-corrected chi connectivity index (χ4v) is 1.57. The van der Waals surface area contributed by atoms with Gasteiger partial charge in [0.25, 0.3) is 0 Å². The number of allylic oxidation sites excluding steroid dienone is 1.